The molecule has 0 unspecified atom stereocenters. The normalized spacial score (nSPS) is 16.9. The maximum Gasteiger partial charge on any atom is 0.231 e. The van der Waals surface area contributed by atoms with Crippen molar-refractivity contribution in [2.75, 3.05) is 31.1 Å². The average Bonchev–Trinajstić information content (AvgIpc) is 3.02. The van der Waals surface area contributed by atoms with Crippen LogP contribution in [0.1, 0.15) is 29.8 Å². The number of halogens is 1. The third kappa shape index (κ3) is 3.48. The fraction of sp³-hybridized carbons (Fsp3) is 0.318. The van der Waals surface area contributed by atoms with Crippen LogP contribution in [0, 0.1) is 0 Å². The van der Waals surface area contributed by atoms with Gasteiger partial charge in [-0.2, -0.15) is 0 Å². The molecular weight excluding hydrogens is 376 g/mol. The van der Waals surface area contributed by atoms with E-state index in [1.54, 1.807) is 12.1 Å². The van der Waals surface area contributed by atoms with Crippen LogP contribution in [0.5, 0.6) is 11.5 Å². The summed E-state index contributed by atoms with van der Waals surface area (Å²) in [5, 5.41) is 11.2. The van der Waals surface area contributed by atoms with Crippen molar-refractivity contribution in [1.29, 1.82) is 0 Å². The number of piperazine rings is 1. The van der Waals surface area contributed by atoms with Crippen molar-refractivity contribution >= 4 is 23.1 Å². The molecular formula is C22H23ClN2O3. The van der Waals surface area contributed by atoms with Crippen LogP contribution in [-0.4, -0.2) is 42.0 Å². The van der Waals surface area contributed by atoms with Crippen molar-refractivity contribution in [1.82, 2.24) is 4.90 Å². The van der Waals surface area contributed by atoms with E-state index in [-0.39, 0.29) is 11.5 Å². The number of anilines is 1. The molecule has 6 heteroatoms. The molecule has 2 aromatic carbocycles. The number of phenols is 1. The van der Waals surface area contributed by atoms with Gasteiger partial charge >= 0.3 is 0 Å². The first kappa shape index (κ1) is 18.8. The molecule has 0 spiro atoms. The van der Waals surface area contributed by atoms with Gasteiger partial charge in [0.2, 0.25) is 5.78 Å². The maximum atomic E-state index is 12.5. The van der Waals surface area contributed by atoms with Crippen molar-refractivity contribution in [3.63, 3.8) is 0 Å². The highest BCUT2D eigenvalue weighted by Crippen LogP contribution is 2.40. The number of carbonyl (C=O) groups is 1. The van der Waals surface area contributed by atoms with Crippen LogP contribution in [-0.2, 0) is 6.54 Å². The molecule has 0 bridgehead atoms. The number of phenolic OH excluding ortho intramolecular Hbond substituents is 1. The first-order chi connectivity index (χ1) is 13.4. The predicted molar refractivity (Wildman–Crippen MR) is 110 cm³/mol. The van der Waals surface area contributed by atoms with E-state index >= 15 is 0 Å². The Labute approximate surface area is 169 Å². The lowest BCUT2D eigenvalue weighted by Gasteiger charge is -2.36. The monoisotopic (exact) mass is 398 g/mol. The van der Waals surface area contributed by atoms with Crippen molar-refractivity contribution in [3.8, 4) is 11.5 Å². The summed E-state index contributed by atoms with van der Waals surface area (Å²) in [6.07, 6.45) is 0. The van der Waals surface area contributed by atoms with Gasteiger partial charge in [-0.3, -0.25) is 9.69 Å². The molecule has 0 atom stereocenters. The Morgan fingerprint density at radius 1 is 1.14 bits per heavy atom. The van der Waals surface area contributed by atoms with Crippen LogP contribution in [0.3, 0.4) is 0 Å². The van der Waals surface area contributed by atoms with Gasteiger partial charge in [0.15, 0.2) is 5.76 Å². The summed E-state index contributed by atoms with van der Waals surface area (Å²) < 4.78 is 5.86. The Morgan fingerprint density at radius 2 is 1.89 bits per heavy atom. The van der Waals surface area contributed by atoms with E-state index < -0.39 is 0 Å². The molecule has 5 nitrogen and oxygen atoms in total. The SMILES string of the molecule is CC(C)=C1Oc2c(ccc(O)c2CN2CCN(c3cccc(Cl)c3)CC2)C1=O. The van der Waals surface area contributed by atoms with Crippen LogP contribution in [0.2, 0.25) is 5.02 Å². The lowest BCUT2D eigenvalue weighted by atomic mass is 10.0. The Bertz CT molecular complexity index is 958. The highest BCUT2D eigenvalue weighted by molar-refractivity contribution is 6.30. The number of hydrogen-bond acceptors (Lipinski definition) is 5. The molecule has 0 aromatic heterocycles. The molecule has 0 saturated carbocycles. The second kappa shape index (κ2) is 7.49. The van der Waals surface area contributed by atoms with Gasteiger partial charge < -0.3 is 14.7 Å². The Kier molecular flexibility index (Phi) is 5.04. The average molecular weight is 399 g/mol. The van der Waals surface area contributed by atoms with E-state index in [1.165, 1.54) is 0 Å². The highest BCUT2D eigenvalue weighted by Gasteiger charge is 2.32. The van der Waals surface area contributed by atoms with Crippen molar-refractivity contribution in [2.24, 2.45) is 0 Å². The summed E-state index contributed by atoms with van der Waals surface area (Å²) in [4.78, 5) is 17.1. The number of fused-ring (bicyclic) bond motifs is 1. The minimum atomic E-state index is -0.109. The van der Waals surface area contributed by atoms with E-state index in [0.717, 1.165) is 42.5 Å². The van der Waals surface area contributed by atoms with Gasteiger partial charge in [-0.25, -0.2) is 0 Å². The molecule has 1 saturated heterocycles. The van der Waals surface area contributed by atoms with E-state index in [9.17, 15) is 9.90 Å². The van der Waals surface area contributed by atoms with E-state index in [0.29, 0.717) is 29.2 Å². The highest BCUT2D eigenvalue weighted by atomic mass is 35.5. The van der Waals surface area contributed by atoms with Crippen LogP contribution in [0.25, 0.3) is 0 Å². The first-order valence-corrected chi connectivity index (χ1v) is 9.79. The Hall–Kier alpha value is -2.50. The summed E-state index contributed by atoms with van der Waals surface area (Å²) >= 11 is 6.11. The Morgan fingerprint density at radius 3 is 2.57 bits per heavy atom. The zero-order valence-corrected chi connectivity index (χ0v) is 16.8. The lowest BCUT2D eigenvalue weighted by Crippen LogP contribution is -2.46. The van der Waals surface area contributed by atoms with Gasteiger partial charge in [0, 0.05) is 43.4 Å². The van der Waals surface area contributed by atoms with E-state index in [4.69, 9.17) is 16.3 Å². The molecule has 2 aromatic rings. The number of benzene rings is 2. The Balaban J connectivity index is 1.50. The zero-order chi connectivity index (χ0) is 19.8. The second-order valence-corrected chi connectivity index (χ2v) is 7.88. The van der Waals surface area contributed by atoms with E-state index in [1.807, 2.05) is 32.0 Å². The van der Waals surface area contributed by atoms with Crippen LogP contribution < -0.4 is 9.64 Å². The van der Waals surface area contributed by atoms with Gasteiger partial charge in [0.1, 0.15) is 11.5 Å². The van der Waals surface area contributed by atoms with Crippen molar-refractivity contribution < 1.29 is 14.6 Å². The minimum absolute atomic E-state index is 0.109. The van der Waals surface area contributed by atoms with Gasteiger partial charge in [0.25, 0.3) is 0 Å². The molecule has 1 fully saturated rings. The molecule has 0 radical (unpaired) electrons. The number of ether oxygens (including phenoxy) is 1. The summed E-state index contributed by atoms with van der Waals surface area (Å²) in [5.74, 6) is 0.923. The number of aromatic hydroxyl groups is 1. The van der Waals surface area contributed by atoms with E-state index in [2.05, 4.69) is 15.9 Å². The summed E-state index contributed by atoms with van der Waals surface area (Å²) in [5.41, 5.74) is 3.17. The summed E-state index contributed by atoms with van der Waals surface area (Å²) in [7, 11) is 0. The number of hydrogen-bond donors (Lipinski definition) is 1. The maximum absolute atomic E-state index is 12.5. The van der Waals surface area contributed by atoms with Crippen molar-refractivity contribution in [2.45, 2.75) is 20.4 Å². The summed E-state index contributed by atoms with van der Waals surface area (Å²) in [6, 6.07) is 11.1. The van der Waals surface area contributed by atoms with Gasteiger partial charge in [-0.1, -0.05) is 17.7 Å². The van der Waals surface area contributed by atoms with Crippen LogP contribution in [0.4, 0.5) is 5.69 Å². The number of allylic oxidation sites excluding steroid dienone is 2. The molecule has 4 rings (SSSR count). The molecule has 146 valence electrons. The fourth-order valence-electron chi connectivity index (χ4n) is 3.73. The van der Waals surface area contributed by atoms with Crippen molar-refractivity contribution in [3.05, 3.63) is 63.9 Å². The fourth-order valence-corrected chi connectivity index (χ4v) is 3.91. The zero-order valence-electron chi connectivity index (χ0n) is 16.0. The number of Topliss-reactive ketones (excluding diaryl/α,β-unsaturated/α-hetero) is 1. The largest absolute Gasteiger partial charge is 0.507 e. The lowest BCUT2D eigenvalue weighted by molar-refractivity contribution is 0.101. The minimum Gasteiger partial charge on any atom is -0.507 e. The molecule has 2 aliphatic heterocycles. The number of nitrogens with zero attached hydrogens (tertiary/aromatic N) is 2. The smallest absolute Gasteiger partial charge is 0.231 e. The first-order valence-electron chi connectivity index (χ1n) is 9.42. The molecule has 2 heterocycles. The van der Waals surface area contributed by atoms with Gasteiger partial charge in [0.05, 0.1) is 11.1 Å². The van der Waals surface area contributed by atoms with Gasteiger partial charge in [-0.05, 0) is 49.8 Å². The third-order valence-corrected chi connectivity index (χ3v) is 5.51. The van der Waals surface area contributed by atoms with Gasteiger partial charge in [-0.15, -0.1) is 0 Å². The number of carbonyl (C=O) groups excluding carboxylic acids is 1. The molecule has 28 heavy (non-hydrogen) atoms. The third-order valence-electron chi connectivity index (χ3n) is 5.27. The number of ketones is 1. The predicted octanol–water partition coefficient (Wildman–Crippen LogP) is 4.24. The standard InChI is InChI=1S/C22H23ClN2O3/c1-14(2)21-20(27)17-6-7-19(26)18(22(17)28-21)13-24-8-10-25(11-9-24)16-5-3-4-15(23)12-16/h3-7,12,26H,8-11,13H2,1-2H3. The quantitative estimate of drug-likeness (QED) is 0.784. The second-order valence-electron chi connectivity index (χ2n) is 7.44. The molecule has 0 amide bonds. The molecule has 0 aliphatic carbocycles. The van der Waals surface area contributed by atoms with Crippen LogP contribution >= 0.6 is 11.6 Å². The van der Waals surface area contributed by atoms with Crippen LogP contribution in [0.15, 0.2) is 47.7 Å². The number of rotatable bonds is 3. The molecule has 2 aliphatic rings. The molecule has 1 N–H and O–H groups in total. The topological polar surface area (TPSA) is 53.0 Å². The summed E-state index contributed by atoms with van der Waals surface area (Å²) in [6.45, 7) is 7.69.